The number of benzene rings is 2. The fourth-order valence-corrected chi connectivity index (χ4v) is 2.18. The van der Waals surface area contributed by atoms with E-state index in [4.69, 9.17) is 4.74 Å². The third-order valence-electron chi connectivity index (χ3n) is 2.99. The van der Waals surface area contributed by atoms with Crippen LogP contribution < -0.4 is 5.32 Å². The molecule has 3 nitrogen and oxygen atoms in total. The van der Waals surface area contributed by atoms with E-state index in [0.717, 1.165) is 22.3 Å². The van der Waals surface area contributed by atoms with Crippen molar-refractivity contribution in [2.45, 2.75) is 13.5 Å². The Hall–Kier alpha value is -2.07. The van der Waals surface area contributed by atoms with Gasteiger partial charge in [-0.15, -0.1) is 0 Å². The quantitative estimate of drug-likeness (QED) is 0.603. The van der Waals surface area contributed by atoms with Gasteiger partial charge in [-0.3, -0.25) is 0 Å². The zero-order valence-corrected chi connectivity index (χ0v) is 14.0. The zero-order chi connectivity index (χ0) is 15.8. The normalized spacial score (nSPS) is 10.6. The molecule has 0 amide bonds. The number of anilines is 1. The molecule has 0 radical (unpaired) electrons. The lowest BCUT2D eigenvalue weighted by molar-refractivity contribution is -0.137. The predicted molar refractivity (Wildman–Crippen MR) is 93.6 cm³/mol. The molecule has 2 aromatic rings. The van der Waals surface area contributed by atoms with E-state index in [2.05, 4.69) is 33.4 Å². The van der Waals surface area contributed by atoms with Crippen molar-refractivity contribution in [1.29, 1.82) is 0 Å². The first-order valence-corrected chi connectivity index (χ1v) is 7.90. The Morgan fingerprint density at radius 2 is 2.00 bits per heavy atom. The largest absolute Gasteiger partial charge is 0.463 e. The summed E-state index contributed by atoms with van der Waals surface area (Å²) in [6, 6.07) is 16.1. The molecular formula is C18H18BrNO2. The molecule has 2 rings (SSSR count). The van der Waals surface area contributed by atoms with Gasteiger partial charge in [0.1, 0.15) is 0 Å². The standard InChI is InChI=1S/C18H18BrNO2/c1-2-22-18(21)11-8-14-4-3-5-17(12-14)20-13-15-6-9-16(19)10-7-15/h3-12,20H,2,13H2,1H3/b11-8+. The number of nitrogens with one attached hydrogen (secondary N) is 1. The number of hydrogen-bond donors (Lipinski definition) is 1. The summed E-state index contributed by atoms with van der Waals surface area (Å²) in [5.41, 5.74) is 3.17. The van der Waals surface area contributed by atoms with Gasteiger partial charge in [-0.25, -0.2) is 4.79 Å². The van der Waals surface area contributed by atoms with Crippen LogP contribution in [0.3, 0.4) is 0 Å². The van der Waals surface area contributed by atoms with Gasteiger partial charge in [0.15, 0.2) is 0 Å². The highest BCUT2D eigenvalue weighted by atomic mass is 79.9. The summed E-state index contributed by atoms with van der Waals surface area (Å²) in [7, 11) is 0. The van der Waals surface area contributed by atoms with Crippen molar-refractivity contribution in [3.63, 3.8) is 0 Å². The minimum atomic E-state index is -0.323. The van der Waals surface area contributed by atoms with Gasteiger partial charge in [-0.1, -0.05) is 40.2 Å². The molecule has 0 heterocycles. The molecule has 4 heteroatoms. The Kier molecular flexibility index (Phi) is 6.22. The molecule has 0 aliphatic carbocycles. The summed E-state index contributed by atoms with van der Waals surface area (Å²) in [5.74, 6) is -0.323. The van der Waals surface area contributed by atoms with E-state index in [9.17, 15) is 4.79 Å². The molecule has 0 unspecified atom stereocenters. The van der Waals surface area contributed by atoms with Crippen molar-refractivity contribution in [2.75, 3.05) is 11.9 Å². The summed E-state index contributed by atoms with van der Waals surface area (Å²) in [4.78, 5) is 11.3. The summed E-state index contributed by atoms with van der Waals surface area (Å²) in [6.45, 7) is 2.93. The molecule has 0 spiro atoms. The van der Waals surface area contributed by atoms with Gasteiger partial charge in [0.2, 0.25) is 0 Å². The first kappa shape index (κ1) is 16.3. The van der Waals surface area contributed by atoms with Gasteiger partial charge in [0, 0.05) is 22.8 Å². The Balaban J connectivity index is 1.96. The van der Waals surface area contributed by atoms with Crippen molar-refractivity contribution in [3.05, 3.63) is 70.2 Å². The zero-order valence-electron chi connectivity index (χ0n) is 12.4. The Labute approximate surface area is 139 Å². The lowest BCUT2D eigenvalue weighted by Gasteiger charge is -2.07. The highest BCUT2D eigenvalue weighted by molar-refractivity contribution is 9.10. The molecule has 0 atom stereocenters. The first-order valence-electron chi connectivity index (χ1n) is 7.10. The Morgan fingerprint density at radius 3 is 2.73 bits per heavy atom. The average Bonchev–Trinajstić information content (AvgIpc) is 2.53. The van der Waals surface area contributed by atoms with E-state index < -0.39 is 0 Å². The fraction of sp³-hybridized carbons (Fsp3) is 0.167. The van der Waals surface area contributed by atoms with Gasteiger partial charge in [-0.2, -0.15) is 0 Å². The van der Waals surface area contributed by atoms with Crippen LogP contribution in [-0.4, -0.2) is 12.6 Å². The van der Waals surface area contributed by atoms with Gasteiger partial charge in [0.25, 0.3) is 0 Å². The van der Waals surface area contributed by atoms with E-state index in [1.54, 1.807) is 13.0 Å². The maximum atomic E-state index is 11.3. The van der Waals surface area contributed by atoms with Crippen molar-refractivity contribution >= 4 is 33.7 Å². The van der Waals surface area contributed by atoms with Gasteiger partial charge in [-0.05, 0) is 48.4 Å². The minimum Gasteiger partial charge on any atom is -0.463 e. The number of esters is 1. The second-order valence-electron chi connectivity index (χ2n) is 4.69. The van der Waals surface area contributed by atoms with Crippen LogP contribution in [0.5, 0.6) is 0 Å². The highest BCUT2D eigenvalue weighted by Crippen LogP contribution is 2.15. The molecule has 0 bridgehead atoms. The average molecular weight is 360 g/mol. The van der Waals surface area contributed by atoms with E-state index in [1.165, 1.54) is 11.6 Å². The fourth-order valence-electron chi connectivity index (χ4n) is 1.91. The van der Waals surface area contributed by atoms with Crippen molar-refractivity contribution in [2.24, 2.45) is 0 Å². The summed E-state index contributed by atoms with van der Waals surface area (Å²) >= 11 is 3.43. The molecule has 22 heavy (non-hydrogen) atoms. The van der Waals surface area contributed by atoms with Gasteiger partial charge >= 0.3 is 5.97 Å². The molecule has 0 saturated heterocycles. The molecular weight excluding hydrogens is 342 g/mol. The third kappa shape index (κ3) is 5.37. The maximum absolute atomic E-state index is 11.3. The molecule has 0 fully saturated rings. The van der Waals surface area contributed by atoms with Crippen LogP contribution in [-0.2, 0) is 16.1 Å². The molecule has 114 valence electrons. The SMILES string of the molecule is CCOC(=O)/C=C/c1cccc(NCc2ccc(Br)cc2)c1. The van der Waals surface area contributed by atoms with E-state index >= 15 is 0 Å². The number of hydrogen-bond acceptors (Lipinski definition) is 3. The third-order valence-corrected chi connectivity index (χ3v) is 3.52. The maximum Gasteiger partial charge on any atom is 0.330 e. The summed E-state index contributed by atoms with van der Waals surface area (Å²) < 4.78 is 5.94. The Bertz CT molecular complexity index is 650. The van der Waals surface area contributed by atoms with Crippen LogP contribution in [0.4, 0.5) is 5.69 Å². The number of rotatable bonds is 6. The summed E-state index contributed by atoms with van der Waals surface area (Å²) in [5, 5.41) is 3.37. The lowest BCUT2D eigenvalue weighted by Crippen LogP contribution is -2.00. The van der Waals surface area contributed by atoms with Gasteiger partial charge in [0.05, 0.1) is 6.61 Å². The van der Waals surface area contributed by atoms with E-state index in [0.29, 0.717) is 6.61 Å². The van der Waals surface area contributed by atoms with Crippen LogP contribution in [0.15, 0.2) is 59.1 Å². The smallest absolute Gasteiger partial charge is 0.330 e. The number of ether oxygens (including phenoxy) is 1. The molecule has 1 N–H and O–H groups in total. The van der Waals surface area contributed by atoms with Crippen LogP contribution in [0.25, 0.3) is 6.08 Å². The monoisotopic (exact) mass is 359 g/mol. The predicted octanol–water partition coefficient (Wildman–Crippen LogP) is 4.64. The van der Waals surface area contributed by atoms with Crippen LogP contribution in [0.2, 0.25) is 0 Å². The van der Waals surface area contributed by atoms with Crippen LogP contribution >= 0.6 is 15.9 Å². The van der Waals surface area contributed by atoms with Crippen LogP contribution in [0, 0.1) is 0 Å². The van der Waals surface area contributed by atoms with Crippen molar-refractivity contribution in [3.8, 4) is 0 Å². The molecule has 0 saturated carbocycles. The number of halogens is 1. The van der Waals surface area contributed by atoms with Gasteiger partial charge < -0.3 is 10.1 Å². The van der Waals surface area contributed by atoms with Crippen LogP contribution in [0.1, 0.15) is 18.1 Å². The summed E-state index contributed by atoms with van der Waals surface area (Å²) in [6.07, 6.45) is 3.19. The topological polar surface area (TPSA) is 38.3 Å². The Morgan fingerprint density at radius 1 is 1.23 bits per heavy atom. The first-order chi connectivity index (χ1) is 10.7. The molecule has 0 aromatic heterocycles. The van der Waals surface area contributed by atoms with Crippen molar-refractivity contribution < 1.29 is 9.53 Å². The second kappa shape index (κ2) is 8.39. The second-order valence-corrected chi connectivity index (χ2v) is 5.61. The van der Waals surface area contributed by atoms with E-state index in [-0.39, 0.29) is 5.97 Å². The molecule has 0 aliphatic rings. The van der Waals surface area contributed by atoms with Crippen molar-refractivity contribution in [1.82, 2.24) is 0 Å². The van der Waals surface area contributed by atoms with E-state index in [1.807, 2.05) is 36.4 Å². The molecule has 2 aromatic carbocycles. The number of carbonyl (C=O) groups excluding carboxylic acids is 1. The minimum absolute atomic E-state index is 0.323. The lowest BCUT2D eigenvalue weighted by atomic mass is 10.1. The highest BCUT2D eigenvalue weighted by Gasteiger charge is 1.97. The molecule has 0 aliphatic heterocycles. The number of carbonyl (C=O) groups is 1.